The maximum atomic E-state index is 12.1. The predicted octanol–water partition coefficient (Wildman–Crippen LogP) is 0.376. The number of nitrogens with zero attached hydrogens (tertiary/aromatic N) is 2. The highest BCUT2D eigenvalue weighted by Gasteiger charge is 2.21. The van der Waals surface area contributed by atoms with E-state index in [0.717, 1.165) is 69.7 Å². The summed E-state index contributed by atoms with van der Waals surface area (Å²) in [5, 5.41) is 67.8. The number of aliphatic hydroxyl groups is 4. The second kappa shape index (κ2) is 17.3. The van der Waals surface area contributed by atoms with E-state index < -0.39 is 37.2 Å². The molecule has 0 aromatic heterocycles. The van der Waals surface area contributed by atoms with Crippen LogP contribution in [-0.4, -0.2) is 117 Å². The molecule has 0 bridgehead atoms. The van der Waals surface area contributed by atoms with Gasteiger partial charge in [-0.05, 0) is 95.6 Å². The average Bonchev–Trinajstić information content (AvgIpc) is 2.98. The maximum absolute atomic E-state index is 12.1. The lowest BCUT2D eigenvalue weighted by Gasteiger charge is -2.28. The standard InChI is InChI=1S/C31H47N5O8/c1-20-12-22(28(41)24(14-20)33-30(43)26(39)18-37)16-35-8-3-6-32-7-4-9-36(11-5-10-35)17-23-13-21(2)15-25(29(23)42)34-31(44)27(40)19-38/h12-15,26-27,32,37-42H,3-11,16-19H2,1-2H3,(H,33,43)(H,34,44). The van der Waals surface area contributed by atoms with Gasteiger partial charge < -0.3 is 46.6 Å². The van der Waals surface area contributed by atoms with Crippen LogP contribution >= 0.6 is 0 Å². The number of carbonyl (C=O) groups excluding carboxylic acids is 2. The Morgan fingerprint density at radius 3 is 1.50 bits per heavy atom. The van der Waals surface area contributed by atoms with Crippen LogP contribution in [0, 0.1) is 13.8 Å². The molecular weight excluding hydrogens is 570 g/mol. The van der Waals surface area contributed by atoms with Crippen LogP contribution < -0.4 is 16.0 Å². The topological polar surface area (TPSA) is 198 Å². The van der Waals surface area contributed by atoms with E-state index in [1.54, 1.807) is 12.1 Å². The van der Waals surface area contributed by atoms with Crippen molar-refractivity contribution in [3.8, 4) is 11.5 Å². The lowest BCUT2D eigenvalue weighted by molar-refractivity contribution is -0.126. The molecule has 2 unspecified atom stereocenters. The predicted molar refractivity (Wildman–Crippen MR) is 166 cm³/mol. The van der Waals surface area contributed by atoms with Crippen molar-refractivity contribution in [1.29, 1.82) is 0 Å². The number of benzene rings is 2. The summed E-state index contributed by atoms with van der Waals surface area (Å²) in [5.74, 6) is -1.75. The zero-order valence-electron chi connectivity index (χ0n) is 25.6. The summed E-state index contributed by atoms with van der Waals surface area (Å²) in [6.45, 7) is 7.84. The molecule has 2 aromatic rings. The number of hydrogen-bond acceptors (Lipinski definition) is 11. The van der Waals surface area contributed by atoms with E-state index >= 15 is 0 Å². The summed E-state index contributed by atoms with van der Waals surface area (Å²) in [6.07, 6.45) is -0.533. The fourth-order valence-electron chi connectivity index (χ4n) is 5.26. The Bertz CT molecular complexity index is 1170. The van der Waals surface area contributed by atoms with Crippen LogP contribution in [0.5, 0.6) is 11.5 Å². The van der Waals surface area contributed by atoms with Crippen LogP contribution in [0.2, 0.25) is 0 Å². The van der Waals surface area contributed by atoms with Gasteiger partial charge >= 0.3 is 0 Å². The van der Waals surface area contributed by atoms with Gasteiger partial charge in [0.15, 0.2) is 12.2 Å². The van der Waals surface area contributed by atoms with Crippen LogP contribution in [0.3, 0.4) is 0 Å². The van der Waals surface area contributed by atoms with Crippen LogP contribution in [0.1, 0.15) is 41.5 Å². The molecule has 0 radical (unpaired) electrons. The molecule has 1 aliphatic rings. The first-order valence-electron chi connectivity index (χ1n) is 15.0. The third-order valence-electron chi connectivity index (χ3n) is 7.53. The monoisotopic (exact) mass is 617 g/mol. The fourth-order valence-corrected chi connectivity index (χ4v) is 5.26. The molecular formula is C31H47N5O8. The first-order chi connectivity index (χ1) is 21.0. The highest BCUT2D eigenvalue weighted by atomic mass is 16.3. The first kappa shape index (κ1) is 35.2. The number of nitrogens with one attached hydrogen (secondary N) is 3. The van der Waals surface area contributed by atoms with Crippen molar-refractivity contribution in [1.82, 2.24) is 15.1 Å². The second-order valence-corrected chi connectivity index (χ2v) is 11.4. The molecule has 1 heterocycles. The number of rotatable bonds is 10. The third-order valence-corrected chi connectivity index (χ3v) is 7.53. The highest BCUT2D eigenvalue weighted by molar-refractivity contribution is 5.96. The average molecular weight is 618 g/mol. The zero-order valence-corrected chi connectivity index (χ0v) is 25.6. The van der Waals surface area contributed by atoms with E-state index in [1.165, 1.54) is 0 Å². The largest absolute Gasteiger partial charge is 0.505 e. The molecule has 13 heteroatoms. The number of anilines is 2. The number of hydrogen-bond donors (Lipinski definition) is 9. The minimum atomic E-state index is -1.59. The molecule has 0 aliphatic carbocycles. The zero-order chi connectivity index (χ0) is 32.2. The van der Waals surface area contributed by atoms with E-state index in [2.05, 4.69) is 25.8 Å². The van der Waals surface area contributed by atoms with Gasteiger partial charge in [-0.1, -0.05) is 12.1 Å². The van der Waals surface area contributed by atoms with Crippen molar-refractivity contribution in [3.63, 3.8) is 0 Å². The molecule has 2 aromatic carbocycles. The van der Waals surface area contributed by atoms with Crippen LogP contribution in [0.15, 0.2) is 24.3 Å². The Labute approximate surface area is 258 Å². The fraction of sp³-hybridized carbons (Fsp3) is 0.548. The van der Waals surface area contributed by atoms with Gasteiger partial charge in [-0.3, -0.25) is 19.4 Å². The SMILES string of the molecule is Cc1cc(CN2CCCNCCCN(Cc3cc(C)cc(NC(=O)C(O)CO)c3O)CCC2)c(O)c(NC(=O)C(O)CO)c1. The number of aromatic hydroxyl groups is 2. The summed E-state index contributed by atoms with van der Waals surface area (Å²) in [7, 11) is 0. The van der Waals surface area contributed by atoms with Gasteiger partial charge in [0.25, 0.3) is 11.8 Å². The third kappa shape index (κ3) is 10.4. The maximum Gasteiger partial charge on any atom is 0.255 e. The highest BCUT2D eigenvalue weighted by Crippen LogP contribution is 2.32. The molecule has 0 saturated carbocycles. The van der Waals surface area contributed by atoms with Gasteiger partial charge in [0.2, 0.25) is 0 Å². The van der Waals surface area contributed by atoms with Crippen molar-refractivity contribution in [2.24, 2.45) is 0 Å². The molecule has 0 spiro atoms. The number of phenols is 2. The number of amides is 2. The van der Waals surface area contributed by atoms with E-state index in [-0.39, 0.29) is 22.9 Å². The summed E-state index contributed by atoms with van der Waals surface area (Å²) in [6, 6.07) is 6.96. The van der Waals surface area contributed by atoms with Gasteiger partial charge in [0.1, 0.15) is 11.5 Å². The van der Waals surface area contributed by atoms with E-state index in [1.807, 2.05) is 26.0 Å². The van der Waals surface area contributed by atoms with Crippen molar-refractivity contribution in [2.75, 3.05) is 63.1 Å². The molecule has 9 N–H and O–H groups in total. The van der Waals surface area contributed by atoms with Gasteiger partial charge in [-0.25, -0.2) is 0 Å². The molecule has 2 atom stereocenters. The first-order valence-corrected chi connectivity index (χ1v) is 15.0. The molecule has 244 valence electrons. The van der Waals surface area contributed by atoms with Crippen LogP contribution in [0.25, 0.3) is 0 Å². The Morgan fingerprint density at radius 1 is 0.727 bits per heavy atom. The van der Waals surface area contributed by atoms with E-state index in [9.17, 15) is 30.0 Å². The minimum absolute atomic E-state index is 0.0794. The smallest absolute Gasteiger partial charge is 0.255 e. The molecule has 13 nitrogen and oxygen atoms in total. The Kier molecular flexibility index (Phi) is 13.8. The Balaban J connectivity index is 1.72. The lowest BCUT2D eigenvalue weighted by atomic mass is 10.1. The van der Waals surface area contributed by atoms with E-state index in [0.29, 0.717) is 24.2 Å². The Morgan fingerprint density at radius 2 is 1.11 bits per heavy atom. The minimum Gasteiger partial charge on any atom is -0.505 e. The van der Waals surface area contributed by atoms with E-state index in [4.69, 9.17) is 10.2 Å². The molecule has 44 heavy (non-hydrogen) atoms. The number of aliphatic hydroxyl groups excluding tert-OH is 4. The van der Waals surface area contributed by atoms with Gasteiger partial charge in [0, 0.05) is 24.2 Å². The van der Waals surface area contributed by atoms with Crippen molar-refractivity contribution in [3.05, 3.63) is 46.5 Å². The summed E-state index contributed by atoms with van der Waals surface area (Å²) in [4.78, 5) is 28.7. The number of phenolic OH excluding ortho intramolecular Hbond substituents is 2. The molecule has 1 aliphatic heterocycles. The second-order valence-electron chi connectivity index (χ2n) is 11.4. The summed E-state index contributed by atoms with van der Waals surface area (Å²) < 4.78 is 0. The van der Waals surface area contributed by atoms with Gasteiger partial charge in [-0.2, -0.15) is 0 Å². The van der Waals surface area contributed by atoms with Gasteiger partial charge in [0.05, 0.1) is 24.6 Å². The Hall–Kier alpha value is -3.30. The molecule has 1 saturated heterocycles. The lowest BCUT2D eigenvalue weighted by Crippen LogP contribution is -2.34. The summed E-state index contributed by atoms with van der Waals surface area (Å²) in [5.41, 5.74) is 3.29. The molecule has 2 amide bonds. The van der Waals surface area contributed by atoms with Crippen molar-refractivity contribution in [2.45, 2.75) is 58.4 Å². The van der Waals surface area contributed by atoms with Crippen molar-refractivity contribution < 1.29 is 40.2 Å². The summed E-state index contributed by atoms with van der Waals surface area (Å²) >= 11 is 0. The van der Waals surface area contributed by atoms with Crippen LogP contribution in [-0.2, 0) is 22.7 Å². The number of carbonyl (C=O) groups is 2. The number of aryl methyl sites for hydroxylation is 2. The quantitative estimate of drug-likeness (QED) is 0.167. The van der Waals surface area contributed by atoms with Crippen LogP contribution in [0.4, 0.5) is 11.4 Å². The van der Waals surface area contributed by atoms with Gasteiger partial charge in [-0.15, -0.1) is 0 Å². The normalized spacial score (nSPS) is 17.2. The molecule has 1 fully saturated rings. The van der Waals surface area contributed by atoms with Crippen molar-refractivity contribution >= 4 is 23.2 Å². The molecule has 3 rings (SSSR count).